The van der Waals surface area contributed by atoms with Crippen molar-refractivity contribution >= 4 is 28.5 Å². The van der Waals surface area contributed by atoms with E-state index in [4.69, 9.17) is 5.73 Å². The summed E-state index contributed by atoms with van der Waals surface area (Å²) in [7, 11) is 0. The van der Waals surface area contributed by atoms with E-state index in [1.807, 2.05) is 6.92 Å². The lowest BCUT2D eigenvalue weighted by Gasteiger charge is -2.28. The fraction of sp³-hybridized carbons (Fsp3) is 0.312. The number of hydrogen-bond donors (Lipinski definition) is 2. The Morgan fingerprint density at radius 1 is 1.37 bits per heavy atom. The first-order valence-electron chi connectivity index (χ1n) is 7.88. The average molecular weight is 394 g/mol. The van der Waals surface area contributed by atoms with Gasteiger partial charge in [-0.2, -0.15) is 8.78 Å². The second kappa shape index (κ2) is 7.82. The van der Waals surface area contributed by atoms with E-state index >= 15 is 0 Å². The number of nitrogens with zero attached hydrogens (tertiary/aromatic N) is 4. The molecule has 0 fully saturated rings. The molecule has 0 radical (unpaired) electrons. The van der Waals surface area contributed by atoms with Crippen LogP contribution in [0.5, 0.6) is 5.88 Å². The Morgan fingerprint density at radius 2 is 2.19 bits per heavy atom. The number of nitrogens with two attached hydrogens (primary N) is 1. The van der Waals surface area contributed by atoms with E-state index in [-0.39, 0.29) is 11.6 Å². The summed E-state index contributed by atoms with van der Waals surface area (Å²) in [5, 5.41) is 3.17. The number of ether oxygens (including phenoxy) is 1. The van der Waals surface area contributed by atoms with Gasteiger partial charge in [0, 0.05) is 17.6 Å². The number of aromatic nitrogens is 3. The third-order valence-electron chi connectivity index (χ3n) is 3.84. The molecule has 0 aromatic carbocycles. The number of amidine groups is 1. The van der Waals surface area contributed by atoms with Gasteiger partial charge in [0.1, 0.15) is 11.2 Å². The third-order valence-corrected chi connectivity index (χ3v) is 4.63. The van der Waals surface area contributed by atoms with E-state index in [1.54, 1.807) is 18.3 Å². The van der Waals surface area contributed by atoms with Crippen LogP contribution in [0, 0.1) is 0 Å². The maximum absolute atomic E-state index is 12.3. The second-order valence-corrected chi connectivity index (χ2v) is 6.94. The Labute approximate surface area is 157 Å². The summed E-state index contributed by atoms with van der Waals surface area (Å²) in [5.41, 5.74) is 6.39. The second-order valence-electron chi connectivity index (χ2n) is 5.82. The highest BCUT2D eigenvalue weighted by Gasteiger charge is 2.31. The molecule has 1 aliphatic rings. The summed E-state index contributed by atoms with van der Waals surface area (Å²) in [6.45, 7) is -1.08. The zero-order chi connectivity index (χ0) is 19.4. The number of aliphatic imine (C=N–C) groups is 1. The Kier molecular flexibility index (Phi) is 5.49. The van der Waals surface area contributed by atoms with E-state index in [1.165, 1.54) is 11.8 Å². The van der Waals surface area contributed by atoms with Crippen LogP contribution in [0.2, 0.25) is 0 Å². The molecule has 0 aliphatic carbocycles. The number of pyridine rings is 1. The van der Waals surface area contributed by atoms with Crippen molar-refractivity contribution in [3.8, 4) is 5.88 Å². The van der Waals surface area contributed by atoms with Crippen molar-refractivity contribution in [1.29, 1.82) is 0 Å². The predicted octanol–water partition coefficient (Wildman–Crippen LogP) is 2.39. The van der Waals surface area contributed by atoms with Gasteiger partial charge in [0.15, 0.2) is 5.17 Å². The van der Waals surface area contributed by atoms with Crippen LogP contribution in [0.3, 0.4) is 0 Å². The fourth-order valence-electron chi connectivity index (χ4n) is 2.45. The molecule has 0 saturated heterocycles. The Morgan fingerprint density at radius 3 is 2.85 bits per heavy atom. The molecule has 1 aliphatic heterocycles. The van der Waals surface area contributed by atoms with Gasteiger partial charge in [-0.3, -0.25) is 9.78 Å². The molecule has 1 amide bonds. The largest absolute Gasteiger partial charge is 0.415 e. The van der Waals surface area contributed by atoms with E-state index in [0.717, 1.165) is 24.6 Å². The Hall–Kier alpha value is -2.82. The number of anilines is 1. The first-order chi connectivity index (χ1) is 12.9. The van der Waals surface area contributed by atoms with Crippen LogP contribution in [0.15, 0.2) is 35.7 Å². The number of amides is 1. The van der Waals surface area contributed by atoms with E-state index in [2.05, 4.69) is 30.0 Å². The highest BCUT2D eigenvalue weighted by Crippen LogP contribution is 2.34. The lowest BCUT2D eigenvalue weighted by molar-refractivity contribution is -0.0531. The third kappa shape index (κ3) is 4.67. The smallest absolute Gasteiger partial charge is 0.388 e. The molecule has 3 rings (SSSR count). The molecule has 0 spiro atoms. The summed E-state index contributed by atoms with van der Waals surface area (Å²) in [5.74, 6) is -0.0888. The molecule has 1 atom stereocenters. The molecule has 142 valence electrons. The van der Waals surface area contributed by atoms with Gasteiger partial charge in [-0.05, 0) is 25.5 Å². The average Bonchev–Trinajstić information content (AvgIpc) is 2.62. The molecule has 2 aromatic rings. The number of halogens is 2. The monoisotopic (exact) mass is 394 g/mol. The molecule has 0 bridgehead atoms. The minimum Gasteiger partial charge on any atom is -0.415 e. The zero-order valence-electron chi connectivity index (χ0n) is 14.2. The number of carbonyl (C=O) groups excluding carboxylic acids is 1. The van der Waals surface area contributed by atoms with Gasteiger partial charge in [-0.15, -0.1) is 0 Å². The van der Waals surface area contributed by atoms with E-state index in [9.17, 15) is 13.6 Å². The van der Waals surface area contributed by atoms with Gasteiger partial charge in [0.2, 0.25) is 5.88 Å². The van der Waals surface area contributed by atoms with Gasteiger partial charge in [-0.25, -0.2) is 15.0 Å². The molecular weight excluding hydrogens is 378 g/mol. The first kappa shape index (κ1) is 19.0. The van der Waals surface area contributed by atoms with Gasteiger partial charge < -0.3 is 15.8 Å². The van der Waals surface area contributed by atoms with Crippen molar-refractivity contribution in [1.82, 2.24) is 15.0 Å². The maximum atomic E-state index is 12.3. The van der Waals surface area contributed by atoms with Gasteiger partial charge in [0.05, 0.1) is 18.1 Å². The van der Waals surface area contributed by atoms with Gasteiger partial charge in [-0.1, -0.05) is 11.8 Å². The van der Waals surface area contributed by atoms with Crippen LogP contribution in [-0.2, 0) is 5.54 Å². The van der Waals surface area contributed by atoms with Crippen LogP contribution in [0.1, 0.15) is 29.5 Å². The molecule has 27 heavy (non-hydrogen) atoms. The van der Waals surface area contributed by atoms with E-state index < -0.39 is 18.1 Å². The standard InChI is InChI=1S/C16H16F2N6O2S/c1-16(3-5-27-15(19)24-16)11-6-9(2-4-20-11)23-13(25)10-7-22-12(8-21-10)26-14(17)18/h2,4,6-8,14H,3,5H2,1H3,(H2,19,24)(H,20,23,25)/t16-/m0/s1. The highest BCUT2D eigenvalue weighted by molar-refractivity contribution is 8.13. The van der Waals surface area contributed by atoms with Crippen molar-refractivity contribution in [3.05, 3.63) is 42.1 Å². The molecule has 0 unspecified atom stereocenters. The Balaban J connectivity index is 1.74. The number of alkyl halides is 2. The zero-order valence-corrected chi connectivity index (χ0v) is 15.0. The highest BCUT2D eigenvalue weighted by atomic mass is 32.2. The van der Waals surface area contributed by atoms with Crippen molar-refractivity contribution in [2.75, 3.05) is 11.1 Å². The van der Waals surface area contributed by atoms with Gasteiger partial charge >= 0.3 is 6.61 Å². The van der Waals surface area contributed by atoms with Crippen LogP contribution < -0.4 is 15.8 Å². The summed E-state index contributed by atoms with van der Waals surface area (Å²) < 4.78 is 28.3. The van der Waals surface area contributed by atoms with Crippen LogP contribution in [-0.4, -0.2) is 38.4 Å². The molecule has 3 heterocycles. The van der Waals surface area contributed by atoms with Crippen molar-refractivity contribution in [3.63, 3.8) is 0 Å². The lowest BCUT2D eigenvalue weighted by atomic mass is 9.94. The summed E-state index contributed by atoms with van der Waals surface area (Å²) in [6, 6.07) is 3.34. The first-order valence-corrected chi connectivity index (χ1v) is 8.87. The minimum absolute atomic E-state index is 0.0440. The van der Waals surface area contributed by atoms with Crippen molar-refractivity contribution < 1.29 is 18.3 Å². The summed E-state index contributed by atoms with van der Waals surface area (Å²) in [4.78, 5) is 28.5. The molecule has 8 nitrogen and oxygen atoms in total. The molecule has 0 saturated carbocycles. The Bertz CT molecular complexity index is 864. The maximum Gasteiger partial charge on any atom is 0.388 e. The summed E-state index contributed by atoms with van der Waals surface area (Å²) in [6.07, 6.45) is 4.34. The molecule has 11 heteroatoms. The number of thioether (sulfide) groups is 1. The topological polar surface area (TPSA) is 115 Å². The van der Waals surface area contributed by atoms with Crippen LogP contribution in [0.4, 0.5) is 14.5 Å². The molecule has 2 aromatic heterocycles. The molecule has 3 N–H and O–H groups in total. The number of rotatable bonds is 5. The summed E-state index contributed by atoms with van der Waals surface area (Å²) >= 11 is 1.49. The molecular formula is C16H16F2N6O2S. The number of hydrogen-bond acceptors (Lipinski definition) is 8. The number of carbonyl (C=O) groups is 1. The predicted molar refractivity (Wildman–Crippen MR) is 96.9 cm³/mol. The SMILES string of the molecule is C[C@@]1(c2cc(NC(=O)c3cnc(OC(F)F)cn3)ccn2)CCSC(N)=N1. The quantitative estimate of drug-likeness (QED) is 0.800. The lowest BCUT2D eigenvalue weighted by Crippen LogP contribution is -2.29. The van der Waals surface area contributed by atoms with Crippen molar-refractivity contribution in [2.24, 2.45) is 10.7 Å². The fourth-order valence-corrected chi connectivity index (χ4v) is 3.43. The van der Waals surface area contributed by atoms with Gasteiger partial charge in [0.25, 0.3) is 5.91 Å². The number of nitrogens with one attached hydrogen (secondary N) is 1. The van der Waals surface area contributed by atoms with Crippen LogP contribution in [0.25, 0.3) is 0 Å². The normalized spacial score (nSPS) is 19.5. The van der Waals surface area contributed by atoms with Crippen LogP contribution >= 0.6 is 11.8 Å². The minimum atomic E-state index is -3.01. The van der Waals surface area contributed by atoms with E-state index in [0.29, 0.717) is 16.5 Å². The van der Waals surface area contributed by atoms with Crippen molar-refractivity contribution in [2.45, 2.75) is 25.5 Å².